The smallest absolute Gasteiger partial charge is 0.392 e. The summed E-state index contributed by atoms with van der Waals surface area (Å²) in [6, 6.07) is 0. The molecule has 9 heteroatoms. The summed E-state index contributed by atoms with van der Waals surface area (Å²) in [4.78, 5) is 16.9. The molecule has 0 aliphatic carbocycles. The first-order valence-corrected chi connectivity index (χ1v) is 6.84. The van der Waals surface area contributed by atoms with Gasteiger partial charge >= 0.3 is 9.53 Å². The Labute approximate surface area is 107 Å². The summed E-state index contributed by atoms with van der Waals surface area (Å²) in [6.07, 6.45) is -0.0815. The van der Waals surface area contributed by atoms with Crippen LogP contribution in [0.5, 0.6) is 0 Å². The fourth-order valence-corrected chi connectivity index (χ4v) is 1.84. The molecule has 1 aromatic rings. The molecule has 19 heavy (non-hydrogen) atoms. The maximum Gasteiger partial charge on any atom is 0.478 e. The maximum atomic E-state index is 13.2. The Morgan fingerprint density at radius 3 is 1.74 bits per heavy atom. The van der Waals surface area contributed by atoms with Gasteiger partial charge in [-0.15, -0.1) is 0 Å². The van der Waals surface area contributed by atoms with E-state index in [0.29, 0.717) is 0 Å². The number of benzene rings is 1. The Balaban J connectivity index is 2.69. The first-order valence-electron chi connectivity index (χ1n) is 5.34. The van der Waals surface area contributed by atoms with E-state index in [1.807, 2.05) is 0 Å². The van der Waals surface area contributed by atoms with Crippen molar-refractivity contribution in [1.82, 2.24) is 0 Å². The first kappa shape index (κ1) is 16.0. The largest absolute Gasteiger partial charge is 0.478 e. The highest BCUT2D eigenvalue weighted by molar-refractivity contribution is 6.32. The highest BCUT2D eigenvalue weighted by Gasteiger charge is 2.24. The summed E-state index contributed by atoms with van der Waals surface area (Å²) in [5.41, 5.74) is -0.877. The van der Waals surface area contributed by atoms with E-state index >= 15 is 0 Å². The van der Waals surface area contributed by atoms with Crippen LogP contribution in [0.1, 0.15) is 18.4 Å². The molecule has 0 bridgehead atoms. The van der Waals surface area contributed by atoms with Crippen molar-refractivity contribution in [3.05, 3.63) is 34.6 Å². The second-order valence-corrected chi connectivity index (χ2v) is 4.69. The van der Waals surface area contributed by atoms with Gasteiger partial charge in [-0.25, -0.2) is 22.0 Å². The standard InChI is InChI=1S/C10H11F5O3Si/c11-6-5(3-1-2-4-18-19(16)17)7(12)9(14)10(15)8(6)13/h16-17,19H,1-4H2. The van der Waals surface area contributed by atoms with Crippen molar-refractivity contribution in [3.63, 3.8) is 0 Å². The van der Waals surface area contributed by atoms with Gasteiger partial charge in [-0.3, -0.25) is 0 Å². The van der Waals surface area contributed by atoms with Gasteiger partial charge < -0.3 is 14.0 Å². The van der Waals surface area contributed by atoms with Gasteiger partial charge in [0, 0.05) is 12.2 Å². The van der Waals surface area contributed by atoms with Gasteiger partial charge in [0.2, 0.25) is 5.82 Å². The van der Waals surface area contributed by atoms with E-state index in [4.69, 9.17) is 9.59 Å². The van der Waals surface area contributed by atoms with Crippen LogP contribution in [0.25, 0.3) is 0 Å². The van der Waals surface area contributed by atoms with Crippen LogP contribution < -0.4 is 0 Å². The molecule has 0 radical (unpaired) electrons. The molecule has 108 valence electrons. The van der Waals surface area contributed by atoms with Crippen LogP contribution in [-0.2, 0) is 10.8 Å². The van der Waals surface area contributed by atoms with Crippen LogP contribution >= 0.6 is 0 Å². The van der Waals surface area contributed by atoms with Crippen LogP contribution in [0.15, 0.2) is 0 Å². The van der Waals surface area contributed by atoms with Crippen molar-refractivity contribution in [2.45, 2.75) is 19.3 Å². The lowest BCUT2D eigenvalue weighted by atomic mass is 10.1. The molecule has 0 aliphatic heterocycles. The minimum atomic E-state index is -3.15. The van der Waals surface area contributed by atoms with Crippen LogP contribution in [0.3, 0.4) is 0 Å². The number of hydrogen-bond acceptors (Lipinski definition) is 3. The molecule has 0 aromatic heterocycles. The molecule has 0 fully saturated rings. The van der Waals surface area contributed by atoms with Crippen molar-refractivity contribution < 1.29 is 36.0 Å². The zero-order valence-electron chi connectivity index (χ0n) is 9.60. The molecular weight excluding hydrogens is 291 g/mol. The number of unbranched alkanes of at least 4 members (excludes halogenated alkanes) is 1. The molecular formula is C10H11F5O3Si. The molecule has 1 rings (SSSR count). The van der Waals surface area contributed by atoms with Crippen molar-refractivity contribution in [2.75, 3.05) is 6.61 Å². The monoisotopic (exact) mass is 302 g/mol. The average Bonchev–Trinajstić information content (AvgIpc) is 2.37. The number of hydrogen-bond donors (Lipinski definition) is 2. The predicted octanol–water partition coefficient (Wildman–Crippen LogP) is 1.42. The summed E-state index contributed by atoms with van der Waals surface area (Å²) in [5, 5.41) is 0. The Kier molecular flexibility index (Phi) is 5.85. The van der Waals surface area contributed by atoms with Crippen molar-refractivity contribution >= 4 is 9.53 Å². The van der Waals surface area contributed by atoms with Crippen LogP contribution in [-0.4, -0.2) is 25.7 Å². The van der Waals surface area contributed by atoms with Gasteiger partial charge in [0.25, 0.3) is 0 Å². The summed E-state index contributed by atoms with van der Waals surface area (Å²) in [6.45, 7) is -0.0563. The van der Waals surface area contributed by atoms with E-state index in [-0.39, 0.29) is 25.9 Å². The topological polar surface area (TPSA) is 49.7 Å². The van der Waals surface area contributed by atoms with E-state index in [1.165, 1.54) is 0 Å². The molecule has 3 nitrogen and oxygen atoms in total. The fourth-order valence-electron chi connectivity index (χ4n) is 1.46. The average molecular weight is 302 g/mol. The molecule has 0 saturated heterocycles. The summed E-state index contributed by atoms with van der Waals surface area (Å²) >= 11 is 0. The van der Waals surface area contributed by atoms with Crippen molar-refractivity contribution in [3.8, 4) is 0 Å². The van der Waals surface area contributed by atoms with Gasteiger partial charge in [-0.1, -0.05) is 0 Å². The third-order valence-corrected chi connectivity index (χ3v) is 2.92. The van der Waals surface area contributed by atoms with E-state index in [2.05, 4.69) is 4.43 Å². The quantitative estimate of drug-likeness (QED) is 0.275. The summed E-state index contributed by atoms with van der Waals surface area (Å²) in [5.74, 6) is -9.80. The second kappa shape index (κ2) is 6.94. The Morgan fingerprint density at radius 1 is 0.789 bits per heavy atom. The Hall–Kier alpha value is -1.03. The zero-order chi connectivity index (χ0) is 14.6. The highest BCUT2D eigenvalue weighted by atomic mass is 28.3. The maximum absolute atomic E-state index is 13.2. The van der Waals surface area contributed by atoms with Gasteiger partial charge in [-0.05, 0) is 19.3 Å². The molecule has 0 aliphatic rings. The molecule has 0 saturated carbocycles. The van der Waals surface area contributed by atoms with Gasteiger partial charge in [0.1, 0.15) is 0 Å². The lowest BCUT2D eigenvalue weighted by Crippen LogP contribution is -2.17. The highest BCUT2D eigenvalue weighted by Crippen LogP contribution is 2.24. The van der Waals surface area contributed by atoms with Crippen molar-refractivity contribution in [2.24, 2.45) is 0 Å². The molecule has 0 heterocycles. The van der Waals surface area contributed by atoms with Crippen molar-refractivity contribution in [1.29, 1.82) is 0 Å². The predicted molar refractivity (Wildman–Crippen MR) is 56.7 cm³/mol. The number of rotatable bonds is 6. The lowest BCUT2D eigenvalue weighted by Gasteiger charge is -2.08. The van der Waals surface area contributed by atoms with Crippen LogP contribution in [0.2, 0.25) is 0 Å². The Morgan fingerprint density at radius 2 is 1.26 bits per heavy atom. The van der Waals surface area contributed by atoms with Gasteiger partial charge in [0.05, 0.1) is 0 Å². The Bertz CT molecular complexity index is 426. The van der Waals surface area contributed by atoms with Crippen LogP contribution in [0, 0.1) is 29.1 Å². The molecule has 2 N–H and O–H groups in total. The minimum Gasteiger partial charge on any atom is -0.392 e. The third kappa shape index (κ3) is 3.96. The molecule has 0 unspecified atom stereocenters. The SMILES string of the molecule is O[SiH](O)OCCCCc1c(F)c(F)c(F)c(F)c1F. The van der Waals surface area contributed by atoms with Gasteiger partial charge in [0.15, 0.2) is 23.3 Å². The van der Waals surface area contributed by atoms with E-state index < -0.39 is 44.2 Å². The van der Waals surface area contributed by atoms with Crippen LogP contribution in [0.4, 0.5) is 22.0 Å². The van der Waals surface area contributed by atoms with E-state index in [1.54, 1.807) is 0 Å². The van der Waals surface area contributed by atoms with Gasteiger partial charge in [-0.2, -0.15) is 0 Å². The van der Waals surface area contributed by atoms with E-state index in [0.717, 1.165) is 0 Å². The molecule has 0 spiro atoms. The summed E-state index contributed by atoms with van der Waals surface area (Å²) < 4.78 is 69.3. The number of halogens is 5. The lowest BCUT2D eigenvalue weighted by molar-refractivity contribution is 0.182. The molecule has 0 amide bonds. The summed E-state index contributed by atoms with van der Waals surface area (Å²) in [7, 11) is -3.15. The molecule has 1 aromatic carbocycles. The van der Waals surface area contributed by atoms with E-state index in [9.17, 15) is 22.0 Å². The third-order valence-electron chi connectivity index (χ3n) is 2.39. The zero-order valence-corrected chi connectivity index (χ0v) is 10.8. The molecule has 0 atom stereocenters. The first-order chi connectivity index (χ1) is 8.86. The normalized spacial score (nSPS) is 11.4. The minimum absolute atomic E-state index is 0.0563. The fraction of sp³-hybridized carbons (Fsp3) is 0.400. The second-order valence-electron chi connectivity index (χ2n) is 3.70.